The Bertz CT molecular complexity index is 312. The topological polar surface area (TPSA) is 9.23 Å². The Hall–Kier alpha value is -0.110. The molecule has 1 aromatic rings. The summed E-state index contributed by atoms with van der Waals surface area (Å²) >= 11 is 17.5. The van der Waals surface area contributed by atoms with Crippen LogP contribution in [0.4, 0.5) is 0 Å². The minimum Gasteiger partial charge on any atom is -0.495 e. The van der Waals surface area contributed by atoms with Gasteiger partial charge in [0.15, 0.2) is 0 Å². The lowest BCUT2D eigenvalue weighted by Crippen LogP contribution is -1.94. The van der Waals surface area contributed by atoms with Crippen LogP contribution in [-0.2, 0) is 6.42 Å². The molecule has 0 N–H and O–H groups in total. The first kappa shape index (κ1) is 12.0. The van der Waals surface area contributed by atoms with Gasteiger partial charge in [-0.15, -0.1) is 11.6 Å². The normalized spacial score (nSPS) is 10.3. The Balaban J connectivity index is 2.99. The third-order valence-electron chi connectivity index (χ3n) is 1.87. The molecule has 0 aliphatic carbocycles. The van der Waals surface area contributed by atoms with Crippen molar-refractivity contribution in [3.05, 3.63) is 27.7 Å². The van der Waals surface area contributed by atoms with Crippen molar-refractivity contribution in [1.29, 1.82) is 0 Å². The first-order valence-electron chi connectivity index (χ1n) is 4.27. The zero-order valence-corrected chi connectivity index (χ0v) is 10.1. The molecule has 0 fully saturated rings. The van der Waals surface area contributed by atoms with Crippen molar-refractivity contribution in [3.63, 3.8) is 0 Å². The van der Waals surface area contributed by atoms with E-state index in [0.717, 1.165) is 18.4 Å². The predicted octanol–water partition coefficient (Wildman–Crippen LogP) is 4.17. The lowest BCUT2D eigenvalue weighted by molar-refractivity contribution is 0.409. The predicted molar refractivity (Wildman–Crippen MR) is 62.1 cm³/mol. The van der Waals surface area contributed by atoms with E-state index in [1.807, 2.05) is 6.07 Å². The molecule has 0 heterocycles. The van der Waals surface area contributed by atoms with Crippen LogP contribution in [0.5, 0.6) is 5.75 Å². The molecule has 4 heteroatoms. The second-order valence-electron chi connectivity index (χ2n) is 2.87. The lowest BCUT2D eigenvalue weighted by Gasteiger charge is -2.10. The van der Waals surface area contributed by atoms with Gasteiger partial charge in [0.25, 0.3) is 0 Å². The molecule has 14 heavy (non-hydrogen) atoms. The summed E-state index contributed by atoms with van der Waals surface area (Å²) in [6, 6.07) is 3.53. The van der Waals surface area contributed by atoms with Gasteiger partial charge >= 0.3 is 0 Å². The van der Waals surface area contributed by atoms with Gasteiger partial charge in [0.1, 0.15) is 5.75 Å². The van der Waals surface area contributed by atoms with Gasteiger partial charge < -0.3 is 4.74 Å². The summed E-state index contributed by atoms with van der Waals surface area (Å²) in [7, 11) is 1.60. The summed E-state index contributed by atoms with van der Waals surface area (Å²) in [6.45, 7) is 0. The summed E-state index contributed by atoms with van der Waals surface area (Å²) in [5.41, 5.74) is 1.01. The number of benzene rings is 1. The van der Waals surface area contributed by atoms with Crippen LogP contribution in [-0.4, -0.2) is 13.0 Å². The molecule has 0 aliphatic heterocycles. The summed E-state index contributed by atoms with van der Waals surface area (Å²) in [4.78, 5) is 0. The highest BCUT2D eigenvalue weighted by molar-refractivity contribution is 6.35. The van der Waals surface area contributed by atoms with Crippen LogP contribution in [0, 0.1) is 0 Å². The number of rotatable bonds is 4. The molecule has 0 bridgehead atoms. The maximum Gasteiger partial charge on any atom is 0.140 e. The summed E-state index contributed by atoms with van der Waals surface area (Å²) < 4.78 is 5.19. The van der Waals surface area contributed by atoms with E-state index in [4.69, 9.17) is 39.5 Å². The largest absolute Gasteiger partial charge is 0.495 e. The molecule has 0 atom stereocenters. The maximum atomic E-state index is 5.97. The third-order valence-corrected chi connectivity index (χ3v) is 2.64. The molecule has 0 unspecified atom stereocenters. The van der Waals surface area contributed by atoms with Crippen LogP contribution in [0.2, 0.25) is 10.0 Å². The molecule has 0 saturated carbocycles. The molecular formula is C10H11Cl3O. The number of aryl methyl sites for hydroxylation is 1. The zero-order chi connectivity index (χ0) is 10.6. The average molecular weight is 254 g/mol. The molecule has 78 valence electrons. The van der Waals surface area contributed by atoms with E-state index in [9.17, 15) is 0 Å². The number of alkyl halides is 1. The molecule has 0 aliphatic rings. The van der Waals surface area contributed by atoms with Crippen LogP contribution in [0.3, 0.4) is 0 Å². The summed E-state index contributed by atoms with van der Waals surface area (Å²) in [6.07, 6.45) is 1.71. The van der Waals surface area contributed by atoms with Crippen LogP contribution in [0.1, 0.15) is 12.0 Å². The Kier molecular flexibility index (Phi) is 4.86. The van der Waals surface area contributed by atoms with Gasteiger partial charge in [-0.3, -0.25) is 0 Å². The fourth-order valence-electron chi connectivity index (χ4n) is 1.29. The van der Waals surface area contributed by atoms with E-state index in [2.05, 4.69) is 0 Å². The summed E-state index contributed by atoms with van der Waals surface area (Å²) in [5.74, 6) is 1.31. The Morgan fingerprint density at radius 2 is 2.00 bits per heavy atom. The molecule has 0 radical (unpaired) electrons. The van der Waals surface area contributed by atoms with E-state index in [1.165, 1.54) is 0 Å². The van der Waals surface area contributed by atoms with Gasteiger partial charge in [0.05, 0.1) is 12.1 Å². The number of methoxy groups -OCH3 is 1. The van der Waals surface area contributed by atoms with Gasteiger partial charge in [-0.2, -0.15) is 0 Å². The van der Waals surface area contributed by atoms with E-state index in [-0.39, 0.29) is 0 Å². The van der Waals surface area contributed by atoms with Gasteiger partial charge in [0, 0.05) is 10.9 Å². The molecular weight excluding hydrogens is 242 g/mol. The second kappa shape index (κ2) is 5.69. The summed E-state index contributed by atoms with van der Waals surface area (Å²) in [5, 5.41) is 1.17. The van der Waals surface area contributed by atoms with Crippen molar-refractivity contribution in [2.75, 3.05) is 13.0 Å². The van der Waals surface area contributed by atoms with Crippen molar-refractivity contribution >= 4 is 34.8 Å². The van der Waals surface area contributed by atoms with Crippen molar-refractivity contribution in [2.45, 2.75) is 12.8 Å². The second-order valence-corrected chi connectivity index (χ2v) is 4.09. The number of hydrogen-bond acceptors (Lipinski definition) is 1. The van der Waals surface area contributed by atoms with Crippen molar-refractivity contribution in [3.8, 4) is 5.75 Å². The Labute approximate surface area is 98.9 Å². The van der Waals surface area contributed by atoms with Crippen LogP contribution >= 0.6 is 34.8 Å². The maximum absolute atomic E-state index is 5.97. The molecule has 0 spiro atoms. The zero-order valence-electron chi connectivity index (χ0n) is 7.82. The molecule has 0 aromatic heterocycles. The molecule has 1 rings (SSSR count). The van der Waals surface area contributed by atoms with Crippen molar-refractivity contribution in [1.82, 2.24) is 0 Å². The molecule has 0 amide bonds. The number of hydrogen-bond donors (Lipinski definition) is 0. The quantitative estimate of drug-likeness (QED) is 0.732. The van der Waals surface area contributed by atoms with Crippen LogP contribution in [0.15, 0.2) is 12.1 Å². The number of ether oxygens (including phenoxy) is 1. The first-order chi connectivity index (χ1) is 6.69. The Morgan fingerprint density at radius 3 is 2.57 bits per heavy atom. The van der Waals surface area contributed by atoms with Gasteiger partial charge in [-0.25, -0.2) is 0 Å². The third kappa shape index (κ3) is 2.94. The van der Waals surface area contributed by atoms with Crippen LogP contribution < -0.4 is 4.74 Å². The van der Waals surface area contributed by atoms with Gasteiger partial charge in [-0.05, 0) is 30.5 Å². The molecule has 0 saturated heterocycles. The van der Waals surface area contributed by atoms with E-state index in [1.54, 1.807) is 13.2 Å². The highest BCUT2D eigenvalue weighted by Gasteiger charge is 2.08. The fraction of sp³-hybridized carbons (Fsp3) is 0.400. The first-order valence-corrected chi connectivity index (χ1v) is 5.56. The minimum absolute atomic E-state index is 0.546. The van der Waals surface area contributed by atoms with Crippen LogP contribution in [0.25, 0.3) is 0 Å². The van der Waals surface area contributed by atoms with Gasteiger partial charge in [-0.1, -0.05) is 23.2 Å². The highest BCUT2D eigenvalue weighted by atomic mass is 35.5. The van der Waals surface area contributed by atoms with Gasteiger partial charge in [0.2, 0.25) is 0 Å². The van der Waals surface area contributed by atoms with E-state index in [0.29, 0.717) is 21.7 Å². The average Bonchev–Trinajstić information content (AvgIpc) is 2.14. The highest BCUT2D eigenvalue weighted by Crippen LogP contribution is 2.32. The SMILES string of the molecule is COc1c(Cl)cc(Cl)cc1CCCCl. The van der Waals surface area contributed by atoms with E-state index < -0.39 is 0 Å². The standard InChI is InChI=1S/C10H11Cl3O/c1-14-10-7(3-2-4-11)5-8(12)6-9(10)13/h5-6H,2-4H2,1H3. The van der Waals surface area contributed by atoms with Crippen molar-refractivity contribution < 1.29 is 4.74 Å². The minimum atomic E-state index is 0.546. The van der Waals surface area contributed by atoms with E-state index >= 15 is 0 Å². The monoisotopic (exact) mass is 252 g/mol. The smallest absolute Gasteiger partial charge is 0.140 e. The van der Waals surface area contributed by atoms with Crippen molar-refractivity contribution in [2.24, 2.45) is 0 Å². The lowest BCUT2D eigenvalue weighted by atomic mass is 10.1. The molecule has 1 nitrogen and oxygen atoms in total. The number of halogens is 3. The molecule has 1 aromatic carbocycles. The fourth-order valence-corrected chi connectivity index (χ4v) is 2.03. The Morgan fingerprint density at radius 1 is 1.29 bits per heavy atom.